The van der Waals surface area contributed by atoms with Crippen molar-refractivity contribution in [3.63, 3.8) is 0 Å². The highest BCUT2D eigenvalue weighted by Crippen LogP contribution is 2.44. The van der Waals surface area contributed by atoms with Gasteiger partial charge in [0.15, 0.2) is 0 Å². The lowest BCUT2D eigenvalue weighted by Gasteiger charge is -2.20. The van der Waals surface area contributed by atoms with E-state index < -0.39 is 24.3 Å². The Bertz CT molecular complexity index is 1180. The van der Waals surface area contributed by atoms with Crippen LogP contribution in [0.1, 0.15) is 39.1 Å². The maximum atomic E-state index is 12.3. The fourth-order valence-electron chi connectivity index (χ4n) is 4.34. The lowest BCUT2D eigenvalue weighted by atomic mass is 9.98. The zero-order valence-electron chi connectivity index (χ0n) is 19.4. The van der Waals surface area contributed by atoms with Crippen LogP contribution in [0.5, 0.6) is 5.75 Å². The van der Waals surface area contributed by atoms with Crippen LogP contribution in [0.25, 0.3) is 11.1 Å². The summed E-state index contributed by atoms with van der Waals surface area (Å²) >= 11 is 0. The van der Waals surface area contributed by atoms with Crippen molar-refractivity contribution in [2.45, 2.75) is 18.1 Å². The topological polar surface area (TPSA) is 114 Å². The van der Waals surface area contributed by atoms with E-state index in [0.29, 0.717) is 5.56 Å². The smallest absolute Gasteiger partial charge is 0.407 e. The van der Waals surface area contributed by atoms with Crippen LogP contribution in [0.3, 0.4) is 0 Å². The lowest BCUT2D eigenvalue weighted by molar-refractivity contribution is 0.0184. The van der Waals surface area contributed by atoms with Crippen LogP contribution in [-0.2, 0) is 9.47 Å². The van der Waals surface area contributed by atoms with E-state index in [9.17, 15) is 19.8 Å². The fraction of sp³-hybridized carbons (Fsp3) is 0.259. The third-order valence-corrected chi connectivity index (χ3v) is 6.14. The number of carbonyl (C=O) groups excluding carboxylic acids is 2. The van der Waals surface area contributed by atoms with Gasteiger partial charge in [-0.25, -0.2) is 9.59 Å². The van der Waals surface area contributed by atoms with Crippen molar-refractivity contribution in [2.24, 2.45) is 0 Å². The summed E-state index contributed by atoms with van der Waals surface area (Å²) in [7, 11) is 2.64. The number of hydrogen-bond donors (Lipinski definition) is 3. The molecule has 3 aromatic carbocycles. The van der Waals surface area contributed by atoms with E-state index in [-0.39, 0.29) is 30.4 Å². The van der Waals surface area contributed by atoms with Crippen LogP contribution < -0.4 is 10.1 Å². The van der Waals surface area contributed by atoms with E-state index >= 15 is 0 Å². The van der Waals surface area contributed by atoms with Crippen molar-refractivity contribution in [1.29, 1.82) is 0 Å². The number of ether oxygens (including phenoxy) is 3. The molecule has 1 aliphatic rings. The molecule has 35 heavy (non-hydrogen) atoms. The Hall–Kier alpha value is -3.88. The molecule has 2 atom stereocenters. The van der Waals surface area contributed by atoms with Gasteiger partial charge in [0, 0.05) is 12.5 Å². The van der Waals surface area contributed by atoms with Crippen LogP contribution in [0, 0.1) is 0 Å². The van der Waals surface area contributed by atoms with Gasteiger partial charge in [-0.2, -0.15) is 0 Å². The predicted molar refractivity (Wildman–Crippen MR) is 128 cm³/mol. The second-order valence-corrected chi connectivity index (χ2v) is 8.17. The monoisotopic (exact) mass is 477 g/mol. The zero-order valence-corrected chi connectivity index (χ0v) is 19.4. The Kier molecular flexibility index (Phi) is 7.33. The Morgan fingerprint density at radius 3 is 2.17 bits per heavy atom. The molecule has 0 fully saturated rings. The van der Waals surface area contributed by atoms with E-state index in [1.54, 1.807) is 0 Å². The van der Waals surface area contributed by atoms with E-state index in [2.05, 4.69) is 17.4 Å². The molecule has 0 radical (unpaired) electrons. The number of alkyl carbamates (subject to hydrolysis) is 1. The number of amides is 1. The average molecular weight is 478 g/mol. The predicted octanol–water partition coefficient (Wildman–Crippen LogP) is 3.41. The number of fused-ring (bicyclic) bond motifs is 3. The number of carbonyl (C=O) groups is 2. The van der Waals surface area contributed by atoms with E-state index in [4.69, 9.17) is 14.2 Å². The largest absolute Gasteiger partial charge is 0.496 e. The van der Waals surface area contributed by atoms with Gasteiger partial charge in [-0.3, -0.25) is 0 Å². The first-order valence-corrected chi connectivity index (χ1v) is 11.2. The van der Waals surface area contributed by atoms with Gasteiger partial charge >= 0.3 is 12.1 Å². The minimum atomic E-state index is -1.33. The number of nitrogens with one attached hydrogen (secondary N) is 1. The summed E-state index contributed by atoms with van der Waals surface area (Å²) in [4.78, 5) is 24.1. The maximum Gasteiger partial charge on any atom is 0.407 e. The standard InChI is InChI=1S/C27H27NO7/c1-33-24-13-16(11-12-21(24)26(31)34-2)25(30)23(29)14-28-27(32)35-15-22-19-9-5-3-7-17(19)18-8-4-6-10-20(18)22/h3-13,22-23,25,29-30H,14-15H2,1-2H3,(H,28,32). The first kappa shape index (κ1) is 24.3. The van der Waals surface area contributed by atoms with Gasteiger partial charge in [0.1, 0.15) is 30.1 Å². The van der Waals surface area contributed by atoms with Crippen LogP contribution in [-0.4, -0.2) is 55.8 Å². The highest BCUT2D eigenvalue weighted by atomic mass is 16.5. The van der Waals surface area contributed by atoms with Gasteiger partial charge in [0.05, 0.1) is 14.2 Å². The fourth-order valence-corrected chi connectivity index (χ4v) is 4.34. The van der Waals surface area contributed by atoms with Gasteiger partial charge in [0.25, 0.3) is 0 Å². The van der Waals surface area contributed by atoms with Crippen molar-refractivity contribution in [3.8, 4) is 16.9 Å². The SMILES string of the molecule is COC(=O)c1ccc(C(O)C(O)CNC(=O)OCC2c3ccccc3-c3ccccc32)cc1OC. The summed E-state index contributed by atoms with van der Waals surface area (Å²) in [5.41, 5.74) is 4.96. The average Bonchev–Trinajstić information content (AvgIpc) is 3.22. The summed E-state index contributed by atoms with van der Waals surface area (Å²) in [5, 5.41) is 23.4. The summed E-state index contributed by atoms with van der Waals surface area (Å²) in [6.45, 7) is -0.0936. The number of esters is 1. The van der Waals surface area contributed by atoms with Crippen LogP contribution in [0.4, 0.5) is 4.79 Å². The van der Waals surface area contributed by atoms with Crippen molar-refractivity contribution in [3.05, 3.63) is 89.0 Å². The molecule has 2 unspecified atom stereocenters. The van der Waals surface area contributed by atoms with Gasteiger partial charge in [0.2, 0.25) is 0 Å². The van der Waals surface area contributed by atoms with Gasteiger partial charge in [-0.15, -0.1) is 0 Å². The Morgan fingerprint density at radius 1 is 0.943 bits per heavy atom. The van der Waals surface area contributed by atoms with Crippen molar-refractivity contribution in [1.82, 2.24) is 5.32 Å². The highest BCUT2D eigenvalue weighted by Gasteiger charge is 2.29. The minimum absolute atomic E-state index is 0.0792. The summed E-state index contributed by atoms with van der Waals surface area (Å²) < 4.78 is 15.3. The summed E-state index contributed by atoms with van der Waals surface area (Å²) in [6.07, 6.45) is -3.34. The van der Waals surface area contributed by atoms with Crippen LogP contribution >= 0.6 is 0 Å². The number of rotatable bonds is 8. The maximum absolute atomic E-state index is 12.3. The second-order valence-electron chi connectivity index (χ2n) is 8.17. The molecule has 1 aliphatic carbocycles. The zero-order chi connectivity index (χ0) is 24.9. The normalized spacial score (nSPS) is 13.8. The van der Waals surface area contributed by atoms with Crippen molar-refractivity contribution < 1.29 is 34.0 Å². The number of aliphatic hydroxyl groups is 2. The van der Waals surface area contributed by atoms with Crippen LogP contribution in [0.15, 0.2) is 66.7 Å². The molecule has 8 nitrogen and oxygen atoms in total. The highest BCUT2D eigenvalue weighted by molar-refractivity contribution is 5.92. The lowest BCUT2D eigenvalue weighted by Crippen LogP contribution is -2.36. The summed E-state index contributed by atoms with van der Waals surface area (Å²) in [6, 6.07) is 20.4. The molecule has 1 amide bonds. The molecule has 8 heteroatoms. The van der Waals surface area contributed by atoms with Crippen molar-refractivity contribution >= 4 is 12.1 Å². The van der Waals surface area contributed by atoms with Crippen molar-refractivity contribution in [2.75, 3.05) is 27.4 Å². The number of methoxy groups -OCH3 is 2. The Morgan fingerprint density at radius 2 is 1.57 bits per heavy atom. The molecule has 0 bridgehead atoms. The molecule has 0 aliphatic heterocycles. The minimum Gasteiger partial charge on any atom is -0.496 e. The third-order valence-electron chi connectivity index (χ3n) is 6.14. The quantitative estimate of drug-likeness (QED) is 0.426. The second kappa shape index (κ2) is 10.6. The first-order valence-electron chi connectivity index (χ1n) is 11.2. The van der Waals surface area contributed by atoms with E-state index in [1.807, 2.05) is 36.4 Å². The van der Waals surface area contributed by atoms with Gasteiger partial charge in [-0.05, 0) is 39.9 Å². The third kappa shape index (κ3) is 4.99. The number of benzene rings is 3. The molecule has 0 saturated heterocycles. The molecule has 3 aromatic rings. The molecule has 182 valence electrons. The molecule has 4 rings (SSSR count). The van der Waals surface area contributed by atoms with E-state index in [0.717, 1.165) is 22.3 Å². The molecule has 0 heterocycles. The Labute approximate surface area is 203 Å². The number of hydrogen-bond acceptors (Lipinski definition) is 7. The molecular formula is C27H27NO7. The van der Waals surface area contributed by atoms with E-state index in [1.165, 1.54) is 32.4 Å². The summed E-state index contributed by atoms with van der Waals surface area (Å²) in [5.74, 6) is -0.463. The molecule has 0 saturated carbocycles. The first-order chi connectivity index (χ1) is 16.9. The van der Waals surface area contributed by atoms with Crippen LogP contribution in [0.2, 0.25) is 0 Å². The number of aliphatic hydroxyl groups excluding tert-OH is 2. The molecular weight excluding hydrogens is 450 g/mol. The molecule has 3 N–H and O–H groups in total. The molecule has 0 aromatic heterocycles. The van der Waals surface area contributed by atoms with Gasteiger partial charge < -0.3 is 29.7 Å². The molecule has 0 spiro atoms. The van der Waals surface area contributed by atoms with Gasteiger partial charge in [-0.1, -0.05) is 54.6 Å². The Balaban J connectivity index is 1.34.